The van der Waals surface area contributed by atoms with Gasteiger partial charge in [-0.25, -0.2) is 9.69 Å². The van der Waals surface area contributed by atoms with Crippen LogP contribution in [0.1, 0.15) is 33.3 Å². The van der Waals surface area contributed by atoms with E-state index in [-0.39, 0.29) is 17.9 Å². The summed E-state index contributed by atoms with van der Waals surface area (Å²) in [4.78, 5) is 66.9. The number of halogens is 1. The lowest BCUT2D eigenvalue weighted by atomic mass is 9.86. The molecule has 10 nitrogen and oxygen atoms in total. The van der Waals surface area contributed by atoms with E-state index in [1.54, 1.807) is 33.8 Å². The Balaban J connectivity index is 2.35. The van der Waals surface area contributed by atoms with E-state index in [1.165, 1.54) is 12.1 Å². The van der Waals surface area contributed by atoms with Crippen molar-refractivity contribution in [3.8, 4) is 0 Å². The molecule has 2 aliphatic rings. The highest BCUT2D eigenvalue weighted by Gasteiger charge is 2.95. The molecular weight excluding hydrogens is 502 g/mol. The lowest BCUT2D eigenvalue weighted by Gasteiger charge is -2.24. The highest BCUT2D eigenvalue weighted by atomic mass is 79.9. The first kappa shape index (κ1) is 24.7. The van der Waals surface area contributed by atoms with Crippen LogP contribution in [0.2, 0.25) is 0 Å². The summed E-state index contributed by atoms with van der Waals surface area (Å²) in [7, 11) is 2.04. The van der Waals surface area contributed by atoms with Gasteiger partial charge in [0.25, 0.3) is 0 Å². The van der Waals surface area contributed by atoms with Crippen LogP contribution in [0.3, 0.4) is 0 Å². The first-order valence-corrected chi connectivity index (χ1v) is 10.9. The zero-order valence-electron chi connectivity index (χ0n) is 19.0. The maximum atomic E-state index is 13.9. The molecule has 1 fully saturated rings. The minimum Gasteiger partial charge on any atom is -0.468 e. The Kier molecular flexibility index (Phi) is 6.08. The van der Waals surface area contributed by atoms with Crippen LogP contribution in [0.4, 0.5) is 10.5 Å². The fourth-order valence-electron chi connectivity index (χ4n) is 4.59. The number of anilines is 1. The van der Waals surface area contributed by atoms with Crippen molar-refractivity contribution < 1.29 is 42.9 Å². The first-order chi connectivity index (χ1) is 15.4. The molecular formula is C22H24BrNO9. The molecule has 1 spiro atoms. The second-order valence-corrected chi connectivity index (χ2v) is 9.48. The van der Waals surface area contributed by atoms with Crippen molar-refractivity contribution >= 4 is 51.5 Å². The number of esters is 3. The molecule has 3 rings (SSSR count). The number of imide groups is 1. The number of ether oxygens (including phenoxy) is 4. The van der Waals surface area contributed by atoms with E-state index < -0.39 is 52.3 Å². The van der Waals surface area contributed by atoms with Gasteiger partial charge in [-0.3, -0.25) is 19.2 Å². The minimum absolute atomic E-state index is 0.0703. The number of hydrogen-bond acceptors (Lipinski definition) is 9. The number of methoxy groups -OCH3 is 2. The van der Waals surface area contributed by atoms with E-state index in [2.05, 4.69) is 15.9 Å². The van der Waals surface area contributed by atoms with Crippen LogP contribution in [0.15, 0.2) is 22.7 Å². The third-order valence-electron chi connectivity index (χ3n) is 5.68. The standard InChI is InChI=1S/C22H24BrNO9/c1-7-32-15(25)14-21(22(14,17(27)30-5)18(28)31-6)12-10-11(23)8-9-13(12)24(16(21)26)19(29)33-20(2,3)4/h8-10,14H,7H2,1-6H3/t14-,21-/m0/s1. The molecule has 1 aliphatic heterocycles. The Bertz CT molecular complexity index is 1040. The van der Waals surface area contributed by atoms with Gasteiger partial charge >= 0.3 is 24.0 Å². The molecule has 0 unspecified atom stereocenters. The fourth-order valence-corrected chi connectivity index (χ4v) is 4.95. The lowest BCUT2D eigenvalue weighted by molar-refractivity contribution is -0.166. The summed E-state index contributed by atoms with van der Waals surface area (Å²) < 4.78 is 20.7. The molecule has 33 heavy (non-hydrogen) atoms. The van der Waals surface area contributed by atoms with E-state index in [1.807, 2.05) is 0 Å². The van der Waals surface area contributed by atoms with Crippen LogP contribution in [0, 0.1) is 11.3 Å². The van der Waals surface area contributed by atoms with Crippen molar-refractivity contribution in [2.45, 2.75) is 38.7 Å². The van der Waals surface area contributed by atoms with Crippen molar-refractivity contribution in [1.29, 1.82) is 0 Å². The fraction of sp³-hybridized carbons (Fsp3) is 0.500. The van der Waals surface area contributed by atoms with Crippen LogP contribution < -0.4 is 4.90 Å². The summed E-state index contributed by atoms with van der Waals surface area (Å²) in [5.41, 5.74) is -5.28. The quantitative estimate of drug-likeness (QED) is 0.331. The van der Waals surface area contributed by atoms with E-state index in [0.717, 1.165) is 19.1 Å². The minimum atomic E-state index is -2.38. The van der Waals surface area contributed by atoms with Crippen LogP contribution in [0.5, 0.6) is 0 Å². The van der Waals surface area contributed by atoms with E-state index in [0.29, 0.717) is 4.47 Å². The lowest BCUT2D eigenvalue weighted by Crippen LogP contribution is -2.45. The molecule has 0 N–H and O–H groups in total. The Hall–Kier alpha value is -2.95. The van der Waals surface area contributed by atoms with E-state index in [9.17, 15) is 24.0 Å². The number of hydrogen-bond donors (Lipinski definition) is 0. The van der Waals surface area contributed by atoms with Gasteiger partial charge in [0, 0.05) is 4.47 Å². The maximum absolute atomic E-state index is 13.9. The smallest absolute Gasteiger partial charge is 0.421 e. The van der Waals surface area contributed by atoms with Gasteiger partial charge in [-0.15, -0.1) is 0 Å². The Labute approximate surface area is 198 Å². The van der Waals surface area contributed by atoms with Crippen LogP contribution in [-0.4, -0.2) is 56.3 Å². The van der Waals surface area contributed by atoms with Gasteiger partial charge in [-0.2, -0.15) is 0 Å². The maximum Gasteiger partial charge on any atom is 0.421 e. The number of amides is 2. The molecule has 1 heterocycles. The number of carbonyl (C=O) groups is 5. The largest absolute Gasteiger partial charge is 0.468 e. The molecule has 1 aliphatic carbocycles. The van der Waals surface area contributed by atoms with E-state index >= 15 is 0 Å². The summed E-state index contributed by atoms with van der Waals surface area (Å²) in [5.74, 6) is -5.88. The monoisotopic (exact) mass is 525 g/mol. The third kappa shape index (κ3) is 3.24. The van der Waals surface area contributed by atoms with Gasteiger partial charge in [0.2, 0.25) is 5.91 Å². The normalized spacial score (nSPS) is 22.5. The van der Waals surface area contributed by atoms with Crippen LogP contribution in [0.25, 0.3) is 0 Å². The topological polar surface area (TPSA) is 126 Å². The van der Waals surface area contributed by atoms with Crippen LogP contribution >= 0.6 is 15.9 Å². The molecule has 1 saturated carbocycles. The molecule has 2 amide bonds. The molecule has 0 radical (unpaired) electrons. The molecule has 0 saturated heterocycles. The van der Waals surface area contributed by atoms with Crippen molar-refractivity contribution in [3.05, 3.63) is 28.2 Å². The summed E-state index contributed by atoms with van der Waals surface area (Å²) in [5, 5.41) is 0. The number of rotatable bonds is 4. The molecule has 0 bridgehead atoms. The summed E-state index contributed by atoms with van der Waals surface area (Å²) in [6.07, 6.45) is -1.02. The third-order valence-corrected chi connectivity index (χ3v) is 6.18. The zero-order valence-corrected chi connectivity index (χ0v) is 20.6. The number of benzene rings is 1. The predicted octanol–water partition coefficient (Wildman–Crippen LogP) is 2.49. The van der Waals surface area contributed by atoms with Crippen molar-refractivity contribution in [1.82, 2.24) is 0 Å². The first-order valence-electron chi connectivity index (χ1n) is 10.1. The van der Waals surface area contributed by atoms with Gasteiger partial charge < -0.3 is 18.9 Å². The van der Waals surface area contributed by atoms with Gasteiger partial charge in [0.15, 0.2) is 5.41 Å². The van der Waals surface area contributed by atoms with Crippen LogP contribution in [-0.2, 0) is 43.5 Å². The molecule has 0 aromatic heterocycles. The highest BCUT2D eigenvalue weighted by Crippen LogP contribution is 2.75. The number of nitrogens with zero attached hydrogens (tertiary/aromatic N) is 1. The van der Waals surface area contributed by atoms with Gasteiger partial charge in [0.1, 0.15) is 16.9 Å². The molecule has 1 aromatic carbocycles. The molecule has 178 valence electrons. The van der Waals surface area contributed by atoms with Gasteiger partial charge in [-0.1, -0.05) is 15.9 Å². The van der Waals surface area contributed by atoms with Crippen molar-refractivity contribution in [2.24, 2.45) is 11.3 Å². The van der Waals surface area contributed by atoms with Crippen molar-refractivity contribution in [2.75, 3.05) is 25.7 Å². The molecule has 2 atom stereocenters. The Morgan fingerprint density at radius 3 is 2.15 bits per heavy atom. The number of fused-ring (bicyclic) bond motifs is 2. The van der Waals surface area contributed by atoms with Gasteiger partial charge in [0.05, 0.1) is 26.5 Å². The zero-order chi connectivity index (χ0) is 24.9. The average Bonchev–Trinajstić information content (AvgIpc) is 3.31. The second kappa shape index (κ2) is 8.12. The van der Waals surface area contributed by atoms with Gasteiger partial charge in [-0.05, 0) is 51.5 Å². The summed E-state index contributed by atoms with van der Waals surface area (Å²) in [6.45, 7) is 6.33. The Morgan fingerprint density at radius 1 is 1.09 bits per heavy atom. The summed E-state index contributed by atoms with van der Waals surface area (Å²) >= 11 is 3.31. The molecule has 11 heteroatoms. The highest BCUT2D eigenvalue weighted by molar-refractivity contribution is 9.10. The number of carbonyl (C=O) groups excluding carboxylic acids is 5. The van der Waals surface area contributed by atoms with Crippen molar-refractivity contribution in [3.63, 3.8) is 0 Å². The SMILES string of the molecule is CCOC(=O)[C@@H]1C(C(=O)OC)(C(=O)OC)[C@]12C(=O)N(C(=O)OC(C)(C)C)c1ccc(Br)cc12. The predicted molar refractivity (Wildman–Crippen MR) is 116 cm³/mol. The molecule has 1 aromatic rings. The average molecular weight is 526 g/mol. The summed E-state index contributed by atoms with van der Waals surface area (Å²) in [6, 6.07) is 4.50. The van der Waals surface area contributed by atoms with E-state index in [4.69, 9.17) is 18.9 Å². The Morgan fingerprint density at radius 2 is 1.67 bits per heavy atom. The second-order valence-electron chi connectivity index (χ2n) is 8.57.